The van der Waals surface area contributed by atoms with Crippen LogP contribution in [0.2, 0.25) is 0 Å². The maximum absolute atomic E-state index is 12.9. The van der Waals surface area contributed by atoms with Crippen molar-refractivity contribution in [3.8, 4) is 5.75 Å². The number of hydrogen-bond acceptors (Lipinski definition) is 5. The van der Waals surface area contributed by atoms with Gasteiger partial charge in [0.05, 0.1) is 24.9 Å². The van der Waals surface area contributed by atoms with Gasteiger partial charge in [-0.05, 0) is 37.3 Å². The van der Waals surface area contributed by atoms with E-state index in [1.807, 2.05) is 24.3 Å². The van der Waals surface area contributed by atoms with Gasteiger partial charge < -0.3 is 19.5 Å². The molecule has 2 unspecified atom stereocenters. The molecule has 6 heteroatoms. The third kappa shape index (κ3) is 6.19. The summed E-state index contributed by atoms with van der Waals surface area (Å²) in [6.07, 6.45) is 3.28. The highest BCUT2D eigenvalue weighted by atomic mass is 16.5. The van der Waals surface area contributed by atoms with Crippen LogP contribution < -0.4 is 10.1 Å². The molecule has 2 heterocycles. The van der Waals surface area contributed by atoms with Crippen molar-refractivity contribution in [1.82, 2.24) is 10.2 Å². The van der Waals surface area contributed by atoms with Gasteiger partial charge in [-0.1, -0.05) is 26.0 Å². The van der Waals surface area contributed by atoms with E-state index in [-0.39, 0.29) is 12.0 Å². The number of carbonyl (C=O) groups is 1. The van der Waals surface area contributed by atoms with Gasteiger partial charge in [-0.3, -0.25) is 9.69 Å². The summed E-state index contributed by atoms with van der Waals surface area (Å²) in [4.78, 5) is 15.3. The molecule has 0 saturated carbocycles. The Morgan fingerprint density at radius 1 is 1.25 bits per heavy atom. The van der Waals surface area contributed by atoms with Crippen molar-refractivity contribution in [3.63, 3.8) is 0 Å². The molecule has 0 spiro atoms. The average molecular weight is 391 g/mol. The zero-order chi connectivity index (χ0) is 19.8. The SMILES string of the molecule is CC(C)CC(CNC(=O)c1ccccc1OCC1CCCO1)N1CCOCC1. The number of nitrogens with one attached hydrogen (secondary N) is 1. The van der Waals surface area contributed by atoms with Crippen LogP contribution in [-0.4, -0.2) is 69.0 Å². The summed E-state index contributed by atoms with van der Waals surface area (Å²) in [5, 5.41) is 3.14. The fourth-order valence-electron chi connectivity index (χ4n) is 3.89. The Balaban J connectivity index is 1.57. The van der Waals surface area contributed by atoms with Crippen LogP contribution in [0, 0.1) is 5.92 Å². The summed E-state index contributed by atoms with van der Waals surface area (Å²) < 4.78 is 17.0. The first-order chi connectivity index (χ1) is 13.6. The van der Waals surface area contributed by atoms with E-state index in [2.05, 4.69) is 24.1 Å². The van der Waals surface area contributed by atoms with Crippen molar-refractivity contribution >= 4 is 5.91 Å². The summed E-state index contributed by atoms with van der Waals surface area (Å²) in [6.45, 7) is 9.76. The summed E-state index contributed by atoms with van der Waals surface area (Å²) in [5.41, 5.74) is 0.589. The van der Waals surface area contributed by atoms with Crippen molar-refractivity contribution in [2.24, 2.45) is 5.92 Å². The summed E-state index contributed by atoms with van der Waals surface area (Å²) in [6, 6.07) is 7.79. The highest BCUT2D eigenvalue weighted by Crippen LogP contribution is 2.21. The molecule has 0 aliphatic carbocycles. The van der Waals surface area contributed by atoms with Crippen molar-refractivity contribution in [2.75, 3.05) is 46.1 Å². The molecule has 3 rings (SSSR count). The second-order valence-corrected chi connectivity index (χ2v) is 8.08. The Hall–Kier alpha value is -1.63. The Labute approximate surface area is 168 Å². The van der Waals surface area contributed by atoms with Crippen LogP contribution in [0.25, 0.3) is 0 Å². The lowest BCUT2D eigenvalue weighted by Gasteiger charge is -2.35. The van der Waals surface area contributed by atoms with Crippen molar-refractivity contribution in [2.45, 2.75) is 45.3 Å². The Morgan fingerprint density at radius 3 is 2.75 bits per heavy atom. The molecule has 1 aromatic rings. The fraction of sp³-hybridized carbons (Fsp3) is 0.682. The minimum Gasteiger partial charge on any atom is -0.490 e. The number of amides is 1. The molecule has 1 N–H and O–H groups in total. The van der Waals surface area contributed by atoms with E-state index in [0.717, 1.165) is 52.2 Å². The van der Waals surface area contributed by atoms with Gasteiger partial charge in [0.25, 0.3) is 5.91 Å². The third-order valence-electron chi connectivity index (χ3n) is 5.38. The molecule has 1 aromatic carbocycles. The average Bonchev–Trinajstić information content (AvgIpc) is 3.23. The zero-order valence-corrected chi connectivity index (χ0v) is 17.2. The maximum Gasteiger partial charge on any atom is 0.255 e. The second kappa shape index (κ2) is 10.8. The van der Waals surface area contributed by atoms with Gasteiger partial charge >= 0.3 is 0 Å². The van der Waals surface area contributed by atoms with Crippen LogP contribution in [0.1, 0.15) is 43.5 Å². The fourth-order valence-corrected chi connectivity index (χ4v) is 3.89. The number of benzene rings is 1. The Morgan fingerprint density at radius 2 is 2.04 bits per heavy atom. The molecule has 0 bridgehead atoms. The third-order valence-corrected chi connectivity index (χ3v) is 5.38. The highest BCUT2D eigenvalue weighted by molar-refractivity contribution is 5.96. The number of hydrogen-bond donors (Lipinski definition) is 1. The molecular formula is C22H34N2O4. The molecule has 156 valence electrons. The lowest BCUT2D eigenvalue weighted by Crippen LogP contribution is -2.49. The van der Waals surface area contributed by atoms with Gasteiger partial charge in [0.2, 0.25) is 0 Å². The van der Waals surface area contributed by atoms with E-state index in [1.165, 1.54) is 0 Å². The second-order valence-electron chi connectivity index (χ2n) is 8.08. The smallest absolute Gasteiger partial charge is 0.255 e. The Bertz CT molecular complexity index is 610. The van der Waals surface area contributed by atoms with Gasteiger partial charge in [-0.2, -0.15) is 0 Å². The van der Waals surface area contributed by atoms with Crippen LogP contribution in [-0.2, 0) is 9.47 Å². The normalized spacial score (nSPS) is 21.6. The van der Waals surface area contributed by atoms with Gasteiger partial charge in [0.15, 0.2) is 0 Å². The minimum atomic E-state index is -0.0787. The first-order valence-corrected chi connectivity index (χ1v) is 10.6. The number of rotatable bonds is 9. The molecule has 2 fully saturated rings. The molecule has 2 saturated heterocycles. The number of ether oxygens (including phenoxy) is 3. The van der Waals surface area contributed by atoms with Crippen molar-refractivity contribution < 1.29 is 19.0 Å². The molecule has 2 aliphatic heterocycles. The molecular weight excluding hydrogens is 356 g/mol. The van der Waals surface area contributed by atoms with E-state index in [0.29, 0.717) is 36.4 Å². The largest absolute Gasteiger partial charge is 0.490 e. The molecule has 2 atom stereocenters. The predicted molar refractivity (Wildman–Crippen MR) is 109 cm³/mol. The van der Waals surface area contributed by atoms with Crippen LogP contribution >= 0.6 is 0 Å². The van der Waals surface area contributed by atoms with E-state index in [1.54, 1.807) is 0 Å². The number of carbonyl (C=O) groups excluding carboxylic acids is 1. The first kappa shape index (κ1) is 21.1. The summed E-state index contributed by atoms with van der Waals surface area (Å²) in [7, 11) is 0. The van der Waals surface area contributed by atoms with E-state index in [9.17, 15) is 4.79 Å². The summed E-state index contributed by atoms with van der Waals surface area (Å²) in [5.74, 6) is 1.12. The van der Waals surface area contributed by atoms with E-state index >= 15 is 0 Å². The molecule has 28 heavy (non-hydrogen) atoms. The Kier molecular flexibility index (Phi) is 8.13. The van der Waals surface area contributed by atoms with Crippen LogP contribution in [0.3, 0.4) is 0 Å². The molecule has 0 aromatic heterocycles. The van der Waals surface area contributed by atoms with Crippen LogP contribution in [0.4, 0.5) is 0 Å². The highest BCUT2D eigenvalue weighted by Gasteiger charge is 2.23. The monoisotopic (exact) mass is 390 g/mol. The van der Waals surface area contributed by atoms with Gasteiger partial charge in [0, 0.05) is 32.3 Å². The minimum absolute atomic E-state index is 0.0787. The topological polar surface area (TPSA) is 60.0 Å². The van der Waals surface area contributed by atoms with E-state index < -0.39 is 0 Å². The van der Waals surface area contributed by atoms with Gasteiger partial charge in [-0.15, -0.1) is 0 Å². The lowest BCUT2D eigenvalue weighted by atomic mass is 10.0. The van der Waals surface area contributed by atoms with Crippen LogP contribution in [0.15, 0.2) is 24.3 Å². The van der Waals surface area contributed by atoms with E-state index in [4.69, 9.17) is 14.2 Å². The van der Waals surface area contributed by atoms with Gasteiger partial charge in [-0.25, -0.2) is 0 Å². The van der Waals surface area contributed by atoms with Gasteiger partial charge in [0.1, 0.15) is 12.4 Å². The number of nitrogens with zero attached hydrogens (tertiary/aromatic N) is 1. The van der Waals surface area contributed by atoms with Crippen LogP contribution in [0.5, 0.6) is 5.75 Å². The number of para-hydroxylation sites is 1. The zero-order valence-electron chi connectivity index (χ0n) is 17.2. The molecule has 0 radical (unpaired) electrons. The maximum atomic E-state index is 12.9. The molecule has 2 aliphatic rings. The quantitative estimate of drug-likeness (QED) is 0.703. The standard InChI is InChI=1S/C22H34N2O4/c1-17(2)14-18(24-9-12-26-13-10-24)15-23-22(25)20-7-3-4-8-21(20)28-16-19-6-5-11-27-19/h3-4,7-8,17-19H,5-6,9-16H2,1-2H3,(H,23,25). The first-order valence-electron chi connectivity index (χ1n) is 10.6. The lowest BCUT2D eigenvalue weighted by molar-refractivity contribution is 0.0124. The molecule has 6 nitrogen and oxygen atoms in total. The summed E-state index contributed by atoms with van der Waals surface area (Å²) >= 11 is 0. The number of morpholine rings is 1. The predicted octanol–water partition coefficient (Wildman–Crippen LogP) is 2.72. The van der Waals surface area contributed by atoms with Crippen molar-refractivity contribution in [1.29, 1.82) is 0 Å². The van der Waals surface area contributed by atoms with Crippen molar-refractivity contribution in [3.05, 3.63) is 29.8 Å². The molecule has 1 amide bonds.